The van der Waals surface area contributed by atoms with E-state index in [-0.39, 0.29) is 0 Å². The molecule has 0 aromatic carbocycles. The van der Waals surface area contributed by atoms with Gasteiger partial charge in [-0.05, 0) is 51.9 Å². The molecule has 0 bridgehead atoms. The fraction of sp³-hybridized carbons (Fsp3) is 0.846. The van der Waals surface area contributed by atoms with Crippen molar-refractivity contribution in [3.63, 3.8) is 0 Å². The third kappa shape index (κ3) is 3.53. The van der Waals surface area contributed by atoms with Crippen LogP contribution in [0.25, 0.3) is 0 Å². The molecule has 0 saturated carbocycles. The lowest BCUT2D eigenvalue weighted by Gasteiger charge is -2.31. The van der Waals surface area contributed by atoms with Crippen molar-refractivity contribution < 1.29 is 0 Å². The molecular weight excluding hydrogens is 226 g/mol. The normalized spacial score (nSPS) is 18.3. The van der Waals surface area contributed by atoms with Crippen LogP contribution in [0, 0.1) is 5.92 Å². The first kappa shape index (κ1) is 13.5. The van der Waals surface area contributed by atoms with Crippen LogP contribution < -0.4 is 5.32 Å². The molecular formula is C13H25N5. The summed E-state index contributed by atoms with van der Waals surface area (Å²) in [7, 11) is 0. The van der Waals surface area contributed by atoms with E-state index in [9.17, 15) is 0 Å². The predicted molar refractivity (Wildman–Crippen MR) is 72.2 cm³/mol. The van der Waals surface area contributed by atoms with Gasteiger partial charge in [-0.25, -0.2) is 9.67 Å². The van der Waals surface area contributed by atoms with Crippen molar-refractivity contribution in [3.8, 4) is 0 Å². The third-order valence-electron chi connectivity index (χ3n) is 3.87. The van der Waals surface area contributed by atoms with Gasteiger partial charge < -0.3 is 10.2 Å². The molecule has 1 N–H and O–H groups in total. The maximum Gasteiger partial charge on any atom is 0.140 e. The van der Waals surface area contributed by atoms with E-state index < -0.39 is 0 Å². The Morgan fingerprint density at radius 2 is 2.06 bits per heavy atom. The smallest absolute Gasteiger partial charge is 0.140 e. The lowest BCUT2D eigenvalue weighted by molar-refractivity contribution is 0.189. The minimum absolute atomic E-state index is 0.825. The highest BCUT2D eigenvalue weighted by molar-refractivity contribution is 4.84. The highest BCUT2D eigenvalue weighted by Gasteiger charge is 2.17. The molecule has 0 atom stereocenters. The number of likely N-dealkylation sites (tertiary alicyclic amines) is 1. The minimum Gasteiger partial charge on any atom is -0.310 e. The van der Waals surface area contributed by atoms with E-state index in [2.05, 4.69) is 34.1 Å². The summed E-state index contributed by atoms with van der Waals surface area (Å²) in [5.41, 5.74) is 0. The molecule has 1 fully saturated rings. The van der Waals surface area contributed by atoms with Crippen LogP contribution in [0.1, 0.15) is 32.5 Å². The molecule has 5 heteroatoms. The van der Waals surface area contributed by atoms with Gasteiger partial charge >= 0.3 is 0 Å². The highest BCUT2D eigenvalue weighted by atomic mass is 15.3. The second kappa shape index (κ2) is 6.85. The maximum atomic E-state index is 4.28. The van der Waals surface area contributed by atoms with Crippen LogP contribution in [0.5, 0.6) is 0 Å². The van der Waals surface area contributed by atoms with Gasteiger partial charge in [0.25, 0.3) is 0 Å². The van der Waals surface area contributed by atoms with Crippen molar-refractivity contribution in [1.82, 2.24) is 25.0 Å². The van der Waals surface area contributed by atoms with Crippen molar-refractivity contribution >= 4 is 0 Å². The Bertz CT molecular complexity index is 341. The summed E-state index contributed by atoms with van der Waals surface area (Å²) >= 11 is 0. The van der Waals surface area contributed by atoms with Crippen molar-refractivity contribution in [1.29, 1.82) is 0 Å². The van der Waals surface area contributed by atoms with E-state index in [1.807, 2.05) is 4.68 Å². The number of nitrogens with one attached hydrogen (secondary N) is 1. The molecule has 1 aromatic heterocycles. The van der Waals surface area contributed by atoms with Crippen LogP contribution >= 0.6 is 0 Å². The average Bonchev–Trinajstić information content (AvgIpc) is 2.87. The van der Waals surface area contributed by atoms with E-state index in [1.54, 1.807) is 6.33 Å². The standard InChI is InChI=1S/C13H25N5/c1-3-17-7-5-12(6-8-17)9-14-10-13-15-11-16-18(13)4-2/h11-12,14H,3-10H2,1-2H3. The molecule has 1 aliphatic heterocycles. The zero-order chi connectivity index (χ0) is 12.8. The van der Waals surface area contributed by atoms with Gasteiger partial charge in [0.15, 0.2) is 0 Å². The highest BCUT2D eigenvalue weighted by Crippen LogP contribution is 2.15. The van der Waals surface area contributed by atoms with Gasteiger partial charge in [-0.3, -0.25) is 0 Å². The Morgan fingerprint density at radius 1 is 1.28 bits per heavy atom. The molecule has 102 valence electrons. The van der Waals surface area contributed by atoms with E-state index in [1.165, 1.54) is 32.5 Å². The average molecular weight is 251 g/mol. The second-order valence-corrected chi connectivity index (χ2v) is 5.00. The zero-order valence-electron chi connectivity index (χ0n) is 11.6. The fourth-order valence-electron chi connectivity index (χ4n) is 2.58. The van der Waals surface area contributed by atoms with Crippen molar-refractivity contribution in [2.45, 2.75) is 39.8 Å². The van der Waals surface area contributed by atoms with Crippen molar-refractivity contribution in [2.24, 2.45) is 5.92 Å². The monoisotopic (exact) mass is 251 g/mol. The SMILES string of the molecule is CCN1CCC(CNCc2ncnn2CC)CC1. The largest absolute Gasteiger partial charge is 0.310 e. The first-order valence-electron chi connectivity index (χ1n) is 7.13. The Kier molecular flexibility index (Phi) is 5.13. The zero-order valence-corrected chi connectivity index (χ0v) is 11.6. The van der Waals surface area contributed by atoms with Crippen molar-refractivity contribution in [2.75, 3.05) is 26.2 Å². The fourth-order valence-corrected chi connectivity index (χ4v) is 2.58. The molecule has 0 amide bonds. The number of aryl methyl sites for hydroxylation is 1. The van der Waals surface area contributed by atoms with E-state index in [0.717, 1.165) is 31.4 Å². The van der Waals surface area contributed by atoms with Gasteiger partial charge in [-0.2, -0.15) is 5.10 Å². The van der Waals surface area contributed by atoms with Crippen LogP contribution in [0.2, 0.25) is 0 Å². The minimum atomic E-state index is 0.825. The topological polar surface area (TPSA) is 46.0 Å². The van der Waals surface area contributed by atoms with Gasteiger partial charge in [0.1, 0.15) is 12.2 Å². The summed E-state index contributed by atoms with van der Waals surface area (Å²) in [6.07, 6.45) is 4.28. The summed E-state index contributed by atoms with van der Waals surface area (Å²) in [6.45, 7) is 10.9. The number of hydrogen-bond acceptors (Lipinski definition) is 4. The first-order valence-corrected chi connectivity index (χ1v) is 7.13. The summed E-state index contributed by atoms with van der Waals surface area (Å²) in [5.74, 6) is 1.87. The predicted octanol–water partition coefficient (Wildman–Crippen LogP) is 1.12. The molecule has 18 heavy (non-hydrogen) atoms. The summed E-state index contributed by atoms with van der Waals surface area (Å²) < 4.78 is 1.95. The Morgan fingerprint density at radius 3 is 2.72 bits per heavy atom. The number of piperidine rings is 1. The number of nitrogens with zero attached hydrogens (tertiary/aromatic N) is 4. The van der Waals surface area contributed by atoms with Gasteiger partial charge in [0.2, 0.25) is 0 Å². The van der Waals surface area contributed by atoms with E-state index in [4.69, 9.17) is 0 Å². The van der Waals surface area contributed by atoms with E-state index in [0.29, 0.717) is 0 Å². The van der Waals surface area contributed by atoms with Gasteiger partial charge in [0, 0.05) is 6.54 Å². The van der Waals surface area contributed by atoms with Crippen LogP contribution in [0.15, 0.2) is 6.33 Å². The molecule has 2 heterocycles. The first-order chi connectivity index (χ1) is 8.83. The Hall–Kier alpha value is -0.940. The molecule has 1 aliphatic rings. The van der Waals surface area contributed by atoms with Crippen LogP contribution in [0.3, 0.4) is 0 Å². The second-order valence-electron chi connectivity index (χ2n) is 5.00. The molecule has 1 saturated heterocycles. The molecule has 0 radical (unpaired) electrons. The summed E-state index contributed by atoms with van der Waals surface area (Å²) in [4.78, 5) is 6.81. The molecule has 1 aromatic rings. The molecule has 5 nitrogen and oxygen atoms in total. The van der Waals surface area contributed by atoms with Crippen molar-refractivity contribution in [3.05, 3.63) is 12.2 Å². The van der Waals surface area contributed by atoms with Gasteiger partial charge in [-0.15, -0.1) is 0 Å². The Balaban J connectivity index is 1.67. The lowest BCUT2D eigenvalue weighted by Crippen LogP contribution is -2.37. The lowest BCUT2D eigenvalue weighted by atomic mass is 9.97. The number of rotatable bonds is 6. The van der Waals surface area contributed by atoms with E-state index >= 15 is 0 Å². The summed E-state index contributed by atoms with van der Waals surface area (Å²) in [6, 6.07) is 0. The quantitative estimate of drug-likeness (QED) is 0.823. The molecule has 0 aliphatic carbocycles. The van der Waals surface area contributed by atoms with Gasteiger partial charge in [-0.1, -0.05) is 6.92 Å². The number of aromatic nitrogens is 3. The molecule has 0 unspecified atom stereocenters. The van der Waals surface area contributed by atoms with Crippen LogP contribution in [0.4, 0.5) is 0 Å². The number of hydrogen-bond donors (Lipinski definition) is 1. The summed E-state index contributed by atoms with van der Waals surface area (Å²) in [5, 5.41) is 7.70. The Labute approximate surface area is 110 Å². The molecule has 2 rings (SSSR count). The maximum absolute atomic E-state index is 4.28. The van der Waals surface area contributed by atoms with Crippen LogP contribution in [-0.4, -0.2) is 45.8 Å². The van der Waals surface area contributed by atoms with Gasteiger partial charge in [0.05, 0.1) is 6.54 Å². The third-order valence-corrected chi connectivity index (χ3v) is 3.87. The molecule has 0 spiro atoms. The van der Waals surface area contributed by atoms with Crippen LogP contribution in [-0.2, 0) is 13.1 Å².